The van der Waals surface area contributed by atoms with Gasteiger partial charge in [0.25, 0.3) is 11.8 Å². The van der Waals surface area contributed by atoms with E-state index in [1.54, 1.807) is 60.7 Å². The van der Waals surface area contributed by atoms with Crippen LogP contribution >= 0.6 is 0 Å². The van der Waals surface area contributed by atoms with Crippen molar-refractivity contribution >= 4 is 23.2 Å². The Bertz CT molecular complexity index is 767. The minimum atomic E-state index is -3.15. The van der Waals surface area contributed by atoms with Crippen molar-refractivity contribution in [3.8, 4) is 0 Å². The van der Waals surface area contributed by atoms with Crippen molar-refractivity contribution in [2.75, 3.05) is 37.7 Å². The average Bonchev–Trinajstić information content (AvgIpc) is 2.60. The topological polar surface area (TPSA) is 58.2 Å². The molecule has 0 aliphatic rings. The van der Waals surface area contributed by atoms with Gasteiger partial charge in [0.15, 0.2) is 13.1 Å². The van der Waals surface area contributed by atoms with Crippen molar-refractivity contribution < 1.29 is 22.3 Å². The maximum atomic E-state index is 12.5. The van der Waals surface area contributed by atoms with Gasteiger partial charge in [0.2, 0.25) is 0 Å². The lowest BCUT2D eigenvalue weighted by molar-refractivity contribution is -0.874. The number of amides is 2. The quantitative estimate of drug-likeness (QED) is 0.803. The van der Waals surface area contributed by atoms with Crippen molar-refractivity contribution in [2.24, 2.45) is 0 Å². The number of nitrogens with zero attached hydrogens (tertiary/aromatic N) is 1. The summed E-state index contributed by atoms with van der Waals surface area (Å²) in [6.07, 6.45) is 0. The second-order valence-corrected chi connectivity index (χ2v) is 5.11. The summed E-state index contributed by atoms with van der Waals surface area (Å²) in [4.78, 5) is 25.0. The number of rotatable bonds is 6. The van der Waals surface area contributed by atoms with Crippen LogP contribution in [0.1, 0.15) is 8.22 Å². The number of carbonyl (C=O) groups excluding carboxylic acids is 2. The van der Waals surface area contributed by atoms with E-state index in [-0.39, 0.29) is 0 Å². The van der Waals surface area contributed by atoms with Crippen LogP contribution in [0.3, 0.4) is 0 Å². The standard InChI is InChI=1S/C18H21N3O2/c1-21(2,13-17(22)19-15-9-5-3-6-10-15)14-18(23)20-16-11-7-4-8-12-16/h3-12H,13-14H2,1-2H3,(H-,19,20,22,23)/p+1/i1D3,2D3. The highest BCUT2D eigenvalue weighted by atomic mass is 16.2. The maximum absolute atomic E-state index is 12.5. The van der Waals surface area contributed by atoms with Crippen LogP contribution in [0, 0.1) is 0 Å². The van der Waals surface area contributed by atoms with Crippen molar-refractivity contribution in [1.29, 1.82) is 0 Å². The molecule has 2 N–H and O–H groups in total. The number of quaternary nitrogens is 1. The Morgan fingerprint density at radius 3 is 1.57 bits per heavy atom. The van der Waals surface area contributed by atoms with Crippen molar-refractivity contribution in [3.05, 3.63) is 60.7 Å². The van der Waals surface area contributed by atoms with E-state index >= 15 is 0 Å². The molecule has 0 bridgehead atoms. The van der Waals surface area contributed by atoms with Crippen LogP contribution in [0.15, 0.2) is 60.7 Å². The molecule has 0 saturated heterocycles. The summed E-state index contributed by atoms with van der Waals surface area (Å²) in [7, 11) is 0. The summed E-state index contributed by atoms with van der Waals surface area (Å²) in [5.41, 5.74) is 0.779. The van der Waals surface area contributed by atoms with E-state index in [0.29, 0.717) is 11.4 Å². The molecular weight excluding hydrogens is 290 g/mol. The minimum absolute atomic E-state index is 0.389. The average molecular weight is 318 g/mol. The molecule has 0 atom stereocenters. The van der Waals surface area contributed by atoms with Crippen molar-refractivity contribution in [1.82, 2.24) is 0 Å². The monoisotopic (exact) mass is 318 g/mol. The molecular formula is C18H22N3O2+. The molecule has 23 heavy (non-hydrogen) atoms. The Kier molecular flexibility index (Phi) is 3.34. The molecule has 5 heteroatoms. The van der Waals surface area contributed by atoms with Gasteiger partial charge in [-0.3, -0.25) is 9.59 Å². The molecule has 0 fully saturated rings. The Hall–Kier alpha value is -2.66. The van der Waals surface area contributed by atoms with Crippen LogP contribution < -0.4 is 10.6 Å². The number of hydrogen-bond acceptors (Lipinski definition) is 2. The first-order valence-corrected chi connectivity index (χ1v) is 7.02. The summed E-state index contributed by atoms with van der Waals surface area (Å²) >= 11 is 0. The lowest BCUT2D eigenvalue weighted by Crippen LogP contribution is -2.49. The number of hydrogen-bond donors (Lipinski definition) is 2. The summed E-state index contributed by atoms with van der Waals surface area (Å²) in [6.45, 7) is -8.14. The second kappa shape index (κ2) is 7.56. The van der Waals surface area contributed by atoms with Crippen molar-refractivity contribution in [2.45, 2.75) is 0 Å². The van der Waals surface area contributed by atoms with Crippen LogP contribution in [0.2, 0.25) is 0 Å². The normalized spacial score (nSPS) is 15.8. The van der Waals surface area contributed by atoms with Gasteiger partial charge >= 0.3 is 0 Å². The fourth-order valence-electron chi connectivity index (χ4n) is 1.99. The molecule has 2 aromatic rings. The molecule has 0 heterocycles. The minimum Gasteiger partial charge on any atom is -0.321 e. The van der Waals surface area contributed by atoms with Gasteiger partial charge in [-0.05, 0) is 24.3 Å². The van der Waals surface area contributed by atoms with Gasteiger partial charge in [0, 0.05) is 11.4 Å². The van der Waals surface area contributed by atoms with Gasteiger partial charge < -0.3 is 15.1 Å². The Morgan fingerprint density at radius 1 is 0.826 bits per heavy atom. The SMILES string of the molecule is [2H]C([2H])([2H])[N+](CC(=O)Nc1ccccc1)(CC(=O)Nc1ccccc1)C([2H])([2H])[2H]. The second-order valence-electron chi connectivity index (χ2n) is 5.11. The smallest absolute Gasteiger partial charge is 0.279 e. The van der Waals surface area contributed by atoms with Crippen molar-refractivity contribution in [3.63, 3.8) is 0 Å². The number of likely N-dealkylation sites (N-methyl/N-ethyl adjacent to an activating group) is 1. The number of benzene rings is 2. The number of anilines is 2. The molecule has 0 spiro atoms. The van der Waals surface area contributed by atoms with Gasteiger partial charge in [-0.15, -0.1) is 0 Å². The fraction of sp³-hybridized carbons (Fsp3) is 0.222. The van der Waals surface area contributed by atoms with Crippen LogP contribution in [0.4, 0.5) is 11.4 Å². The van der Waals surface area contributed by atoms with Gasteiger partial charge in [-0.25, -0.2) is 0 Å². The van der Waals surface area contributed by atoms with Gasteiger partial charge in [-0.2, -0.15) is 0 Å². The molecule has 2 amide bonds. The first-order valence-electron chi connectivity index (χ1n) is 10.0. The number of nitrogens with one attached hydrogen (secondary N) is 2. The highest BCUT2D eigenvalue weighted by molar-refractivity contribution is 5.93. The lowest BCUT2D eigenvalue weighted by atomic mass is 10.3. The number of carbonyl (C=O) groups is 2. The van der Waals surface area contributed by atoms with Crippen LogP contribution in [0.5, 0.6) is 0 Å². The molecule has 0 aliphatic heterocycles. The molecule has 5 nitrogen and oxygen atoms in total. The van der Waals surface area contributed by atoms with E-state index in [9.17, 15) is 9.59 Å². The molecule has 120 valence electrons. The third kappa shape index (κ3) is 5.92. The van der Waals surface area contributed by atoms with Gasteiger partial charge in [0.05, 0.1) is 22.2 Å². The van der Waals surface area contributed by atoms with Crippen LogP contribution in [-0.4, -0.2) is 43.3 Å². The highest BCUT2D eigenvalue weighted by Gasteiger charge is 2.24. The molecule has 0 saturated carbocycles. The molecule has 0 radical (unpaired) electrons. The molecule has 2 rings (SSSR count). The van der Waals surface area contributed by atoms with E-state index in [4.69, 9.17) is 8.22 Å². The number of para-hydroxylation sites is 2. The lowest BCUT2D eigenvalue weighted by Gasteiger charge is -2.28. The van der Waals surface area contributed by atoms with E-state index in [2.05, 4.69) is 10.6 Å². The van der Waals surface area contributed by atoms with Crippen LogP contribution in [0.25, 0.3) is 0 Å². The Morgan fingerprint density at radius 2 is 1.22 bits per heavy atom. The maximum Gasteiger partial charge on any atom is 0.279 e. The first-order chi connectivity index (χ1) is 13.4. The van der Waals surface area contributed by atoms with Crippen LogP contribution in [-0.2, 0) is 9.59 Å². The first kappa shape index (κ1) is 10.2. The molecule has 2 aromatic carbocycles. The van der Waals surface area contributed by atoms with Gasteiger partial charge in [-0.1, -0.05) is 36.4 Å². The highest BCUT2D eigenvalue weighted by Crippen LogP contribution is 2.08. The van der Waals surface area contributed by atoms with E-state index < -0.39 is 43.3 Å². The van der Waals surface area contributed by atoms with Gasteiger partial charge in [0.1, 0.15) is 0 Å². The zero-order valence-electron chi connectivity index (χ0n) is 18.5. The zero-order valence-corrected chi connectivity index (χ0v) is 12.5. The predicted molar refractivity (Wildman–Crippen MR) is 92.0 cm³/mol. The summed E-state index contributed by atoms with van der Waals surface area (Å²) in [5, 5.41) is 4.96. The summed E-state index contributed by atoms with van der Waals surface area (Å²) in [5.74, 6) is -1.65. The summed E-state index contributed by atoms with van der Waals surface area (Å²) < 4.78 is 45.3. The third-order valence-electron chi connectivity index (χ3n) is 2.94. The van der Waals surface area contributed by atoms with E-state index in [1.165, 1.54) is 0 Å². The molecule has 0 unspecified atom stereocenters. The largest absolute Gasteiger partial charge is 0.321 e. The Labute approximate surface area is 145 Å². The Balaban J connectivity index is 2.29. The van der Waals surface area contributed by atoms with E-state index in [0.717, 1.165) is 0 Å². The zero-order chi connectivity index (χ0) is 21.7. The third-order valence-corrected chi connectivity index (χ3v) is 2.94. The molecule has 0 aliphatic carbocycles. The summed E-state index contributed by atoms with van der Waals surface area (Å²) in [6, 6.07) is 16.5. The molecule has 0 aromatic heterocycles. The predicted octanol–water partition coefficient (Wildman–Crippen LogP) is 2.34. The fourth-order valence-corrected chi connectivity index (χ4v) is 1.99. The van der Waals surface area contributed by atoms with E-state index in [1.807, 2.05) is 0 Å².